The SMILES string of the molecule is CCc1nc2c(C)cc(C)nc2n1Cc1ccc(-c2cc(-c3ccccc3)ccc2-c2nnn[nH]2)nc1. The molecule has 1 N–H and O–H groups in total. The molecule has 0 atom stereocenters. The number of nitrogens with zero attached hydrogens (tertiary/aromatic N) is 7. The lowest BCUT2D eigenvalue weighted by molar-refractivity contribution is 0.743. The van der Waals surface area contributed by atoms with E-state index in [1.54, 1.807) is 0 Å². The molecule has 6 rings (SSSR count). The van der Waals surface area contributed by atoms with Crippen LogP contribution in [0.1, 0.15) is 29.6 Å². The zero-order valence-electron chi connectivity index (χ0n) is 21.0. The fourth-order valence-corrected chi connectivity index (χ4v) is 4.79. The molecule has 8 heteroatoms. The molecule has 0 aliphatic heterocycles. The summed E-state index contributed by atoms with van der Waals surface area (Å²) in [6.45, 7) is 6.90. The average Bonchev–Trinajstić information content (AvgIpc) is 3.58. The zero-order chi connectivity index (χ0) is 25.4. The van der Waals surface area contributed by atoms with Gasteiger partial charge in [-0.2, -0.15) is 0 Å². The number of aromatic nitrogens is 8. The van der Waals surface area contributed by atoms with Gasteiger partial charge in [-0.1, -0.05) is 49.4 Å². The van der Waals surface area contributed by atoms with E-state index in [1.807, 2.05) is 37.4 Å². The number of H-pyrrole nitrogens is 1. The third kappa shape index (κ3) is 4.27. The summed E-state index contributed by atoms with van der Waals surface area (Å²) in [5, 5.41) is 14.6. The van der Waals surface area contributed by atoms with Crippen molar-refractivity contribution in [1.29, 1.82) is 0 Å². The number of aryl methyl sites for hydroxylation is 3. The molecule has 0 unspecified atom stereocenters. The number of hydrogen-bond acceptors (Lipinski definition) is 6. The first-order valence-corrected chi connectivity index (χ1v) is 12.3. The number of fused-ring (bicyclic) bond motifs is 1. The van der Waals surface area contributed by atoms with Crippen LogP contribution < -0.4 is 0 Å². The third-order valence-corrected chi connectivity index (χ3v) is 6.59. The molecule has 6 aromatic rings. The second kappa shape index (κ2) is 9.39. The van der Waals surface area contributed by atoms with Gasteiger partial charge in [0.05, 0.1) is 12.2 Å². The predicted octanol–water partition coefficient (Wildman–Crippen LogP) is 5.57. The Bertz CT molecular complexity index is 1680. The molecule has 0 spiro atoms. The van der Waals surface area contributed by atoms with Crippen LogP contribution in [-0.2, 0) is 13.0 Å². The van der Waals surface area contributed by atoms with Crippen LogP contribution in [0.5, 0.6) is 0 Å². The van der Waals surface area contributed by atoms with Crippen molar-refractivity contribution in [2.24, 2.45) is 0 Å². The Hall–Kier alpha value is -4.72. The van der Waals surface area contributed by atoms with E-state index < -0.39 is 0 Å². The van der Waals surface area contributed by atoms with Crippen molar-refractivity contribution in [2.75, 3.05) is 0 Å². The summed E-state index contributed by atoms with van der Waals surface area (Å²) in [4.78, 5) is 14.5. The van der Waals surface area contributed by atoms with Crippen molar-refractivity contribution in [3.8, 4) is 33.8 Å². The minimum atomic E-state index is 0.606. The van der Waals surface area contributed by atoms with Crippen LogP contribution in [0, 0.1) is 13.8 Å². The van der Waals surface area contributed by atoms with E-state index in [0.717, 1.165) is 68.2 Å². The molecule has 182 valence electrons. The number of rotatable bonds is 6. The highest BCUT2D eigenvalue weighted by Crippen LogP contribution is 2.33. The molecule has 0 radical (unpaired) electrons. The normalized spacial score (nSPS) is 11.3. The second-order valence-electron chi connectivity index (χ2n) is 9.15. The molecule has 0 aliphatic rings. The van der Waals surface area contributed by atoms with E-state index in [0.29, 0.717) is 12.4 Å². The van der Waals surface area contributed by atoms with Crippen LogP contribution in [0.2, 0.25) is 0 Å². The van der Waals surface area contributed by atoms with Gasteiger partial charge in [-0.3, -0.25) is 4.98 Å². The summed E-state index contributed by atoms with van der Waals surface area (Å²) < 4.78 is 2.20. The Kier molecular flexibility index (Phi) is 5.76. The predicted molar refractivity (Wildman–Crippen MR) is 144 cm³/mol. The van der Waals surface area contributed by atoms with Gasteiger partial charge >= 0.3 is 0 Å². The average molecular weight is 487 g/mol. The minimum absolute atomic E-state index is 0.606. The first kappa shape index (κ1) is 22.7. The van der Waals surface area contributed by atoms with E-state index >= 15 is 0 Å². The van der Waals surface area contributed by atoms with Gasteiger partial charge in [-0.05, 0) is 70.8 Å². The van der Waals surface area contributed by atoms with Gasteiger partial charge in [-0.25, -0.2) is 15.1 Å². The van der Waals surface area contributed by atoms with Crippen molar-refractivity contribution >= 4 is 11.2 Å². The van der Waals surface area contributed by atoms with Gasteiger partial charge in [0.2, 0.25) is 0 Å². The number of benzene rings is 2. The molecule has 4 aromatic heterocycles. The number of tetrazole rings is 1. The van der Waals surface area contributed by atoms with Gasteiger partial charge in [-0.15, -0.1) is 5.10 Å². The summed E-state index contributed by atoms with van der Waals surface area (Å²) in [7, 11) is 0. The molecule has 0 bridgehead atoms. The maximum atomic E-state index is 4.87. The Labute approximate surface area is 214 Å². The Morgan fingerprint density at radius 3 is 2.46 bits per heavy atom. The van der Waals surface area contributed by atoms with Gasteiger partial charge in [0.15, 0.2) is 11.5 Å². The van der Waals surface area contributed by atoms with Gasteiger partial charge < -0.3 is 4.57 Å². The monoisotopic (exact) mass is 486 g/mol. The highest BCUT2D eigenvalue weighted by Gasteiger charge is 2.16. The van der Waals surface area contributed by atoms with E-state index in [2.05, 4.69) is 81.5 Å². The molecule has 0 fully saturated rings. The van der Waals surface area contributed by atoms with E-state index in [9.17, 15) is 0 Å². The van der Waals surface area contributed by atoms with Gasteiger partial charge in [0.25, 0.3) is 0 Å². The number of nitrogens with one attached hydrogen (secondary N) is 1. The first-order valence-electron chi connectivity index (χ1n) is 12.3. The molecule has 2 aromatic carbocycles. The van der Waals surface area contributed by atoms with E-state index in [-0.39, 0.29) is 0 Å². The van der Waals surface area contributed by atoms with Crippen molar-refractivity contribution in [1.82, 2.24) is 40.1 Å². The van der Waals surface area contributed by atoms with E-state index in [1.165, 1.54) is 0 Å². The molecular formula is C29H26N8. The zero-order valence-corrected chi connectivity index (χ0v) is 21.0. The fraction of sp³-hybridized carbons (Fsp3) is 0.172. The number of aromatic amines is 1. The molecular weight excluding hydrogens is 460 g/mol. The standard InChI is InChI=1S/C29H26N8/c1-4-26-32-27-18(2)14-19(3)31-29(27)37(26)17-20-10-13-25(30-16-20)24-15-22(21-8-6-5-7-9-21)11-12-23(24)28-33-35-36-34-28/h5-16H,4,17H2,1-3H3,(H,33,34,35,36). The van der Waals surface area contributed by atoms with Gasteiger partial charge in [0.1, 0.15) is 11.3 Å². The lowest BCUT2D eigenvalue weighted by atomic mass is 9.96. The third-order valence-electron chi connectivity index (χ3n) is 6.59. The Morgan fingerprint density at radius 2 is 1.73 bits per heavy atom. The molecule has 0 saturated carbocycles. The van der Waals surface area contributed by atoms with Crippen LogP contribution in [0.25, 0.3) is 44.9 Å². The first-order chi connectivity index (χ1) is 18.1. The molecule has 0 saturated heterocycles. The highest BCUT2D eigenvalue weighted by atomic mass is 15.5. The van der Waals surface area contributed by atoms with Crippen LogP contribution >= 0.6 is 0 Å². The molecule has 0 amide bonds. The minimum Gasteiger partial charge on any atom is -0.308 e. The Morgan fingerprint density at radius 1 is 0.865 bits per heavy atom. The molecule has 0 aliphatic carbocycles. The fourth-order valence-electron chi connectivity index (χ4n) is 4.79. The summed E-state index contributed by atoms with van der Waals surface area (Å²) >= 11 is 0. The van der Waals surface area contributed by atoms with Crippen LogP contribution in [0.3, 0.4) is 0 Å². The van der Waals surface area contributed by atoms with Crippen LogP contribution in [0.15, 0.2) is 72.9 Å². The van der Waals surface area contributed by atoms with Crippen molar-refractivity contribution in [3.05, 3.63) is 95.6 Å². The van der Waals surface area contributed by atoms with Crippen LogP contribution in [-0.4, -0.2) is 40.1 Å². The molecule has 37 heavy (non-hydrogen) atoms. The molecule has 8 nitrogen and oxygen atoms in total. The lowest BCUT2D eigenvalue weighted by Crippen LogP contribution is -2.06. The summed E-state index contributed by atoms with van der Waals surface area (Å²) in [5.74, 6) is 1.63. The van der Waals surface area contributed by atoms with Crippen LogP contribution in [0.4, 0.5) is 0 Å². The largest absolute Gasteiger partial charge is 0.308 e. The number of imidazole rings is 1. The Balaban J connectivity index is 1.39. The quantitative estimate of drug-likeness (QED) is 0.331. The molecule has 4 heterocycles. The maximum Gasteiger partial charge on any atom is 0.180 e. The summed E-state index contributed by atoms with van der Waals surface area (Å²) in [5.41, 5.74) is 10.1. The van der Waals surface area contributed by atoms with Crippen molar-refractivity contribution in [2.45, 2.75) is 33.7 Å². The topological polar surface area (TPSA) is 98.1 Å². The number of pyridine rings is 2. The van der Waals surface area contributed by atoms with Crippen molar-refractivity contribution < 1.29 is 0 Å². The summed E-state index contributed by atoms with van der Waals surface area (Å²) in [6.07, 6.45) is 2.77. The summed E-state index contributed by atoms with van der Waals surface area (Å²) in [6, 6.07) is 22.8. The maximum absolute atomic E-state index is 4.87. The lowest BCUT2D eigenvalue weighted by Gasteiger charge is -2.12. The van der Waals surface area contributed by atoms with E-state index in [4.69, 9.17) is 15.0 Å². The smallest absolute Gasteiger partial charge is 0.180 e. The highest BCUT2D eigenvalue weighted by molar-refractivity contribution is 5.83. The number of hydrogen-bond donors (Lipinski definition) is 1. The second-order valence-corrected chi connectivity index (χ2v) is 9.15. The van der Waals surface area contributed by atoms with Gasteiger partial charge in [0, 0.05) is 29.4 Å². The van der Waals surface area contributed by atoms with Crippen molar-refractivity contribution in [3.63, 3.8) is 0 Å².